The summed E-state index contributed by atoms with van der Waals surface area (Å²) < 4.78 is 7.32. The monoisotopic (exact) mass is 337 g/mol. The highest BCUT2D eigenvalue weighted by Gasteiger charge is 2.11. The number of para-hydroxylation sites is 1. The van der Waals surface area contributed by atoms with Gasteiger partial charge in [0.2, 0.25) is 0 Å². The standard InChI is InChI=1S/C20H23N3O2/c1-15-22-13-18(23(15)17-8-4-3-5-9-17)12-21-14-20(24)16-7-6-10-19(11-16)25-2/h3-11,13,20-21,24H,12,14H2,1-2H3. The van der Waals surface area contributed by atoms with Gasteiger partial charge in [-0.25, -0.2) is 4.98 Å². The van der Waals surface area contributed by atoms with Crippen LogP contribution in [0, 0.1) is 6.92 Å². The topological polar surface area (TPSA) is 59.3 Å². The van der Waals surface area contributed by atoms with Gasteiger partial charge in [-0.15, -0.1) is 0 Å². The summed E-state index contributed by atoms with van der Waals surface area (Å²) in [6, 6.07) is 17.6. The Morgan fingerprint density at radius 3 is 2.72 bits per heavy atom. The molecule has 3 aromatic rings. The van der Waals surface area contributed by atoms with Crippen molar-refractivity contribution in [1.29, 1.82) is 0 Å². The van der Waals surface area contributed by atoms with Crippen LogP contribution in [0.15, 0.2) is 60.8 Å². The van der Waals surface area contributed by atoms with Gasteiger partial charge < -0.3 is 15.2 Å². The zero-order chi connectivity index (χ0) is 17.6. The van der Waals surface area contributed by atoms with Gasteiger partial charge in [0.1, 0.15) is 11.6 Å². The molecule has 0 radical (unpaired) electrons. The summed E-state index contributed by atoms with van der Waals surface area (Å²) >= 11 is 0. The summed E-state index contributed by atoms with van der Waals surface area (Å²) in [6.45, 7) is 3.06. The zero-order valence-corrected chi connectivity index (χ0v) is 14.5. The van der Waals surface area contributed by atoms with E-state index in [1.807, 2.05) is 55.6 Å². The molecule has 5 heteroatoms. The van der Waals surface area contributed by atoms with Crippen molar-refractivity contribution >= 4 is 0 Å². The van der Waals surface area contributed by atoms with Crippen molar-refractivity contribution < 1.29 is 9.84 Å². The van der Waals surface area contributed by atoms with Crippen LogP contribution in [0.5, 0.6) is 5.75 Å². The number of nitrogens with one attached hydrogen (secondary N) is 1. The Bertz CT molecular complexity index is 815. The minimum Gasteiger partial charge on any atom is -0.497 e. The summed E-state index contributed by atoms with van der Waals surface area (Å²) in [5, 5.41) is 13.7. The van der Waals surface area contributed by atoms with Crippen molar-refractivity contribution in [2.45, 2.75) is 19.6 Å². The lowest BCUT2D eigenvalue weighted by Crippen LogP contribution is -2.22. The smallest absolute Gasteiger partial charge is 0.119 e. The van der Waals surface area contributed by atoms with Crippen molar-refractivity contribution in [3.8, 4) is 11.4 Å². The van der Waals surface area contributed by atoms with Gasteiger partial charge in [0.25, 0.3) is 0 Å². The van der Waals surface area contributed by atoms with E-state index in [-0.39, 0.29) is 0 Å². The van der Waals surface area contributed by atoms with Gasteiger partial charge in [-0.3, -0.25) is 4.57 Å². The van der Waals surface area contributed by atoms with Crippen LogP contribution in [0.3, 0.4) is 0 Å². The third kappa shape index (κ3) is 4.07. The SMILES string of the molecule is COc1cccc(C(O)CNCc2cnc(C)n2-c2ccccc2)c1. The predicted octanol–water partition coefficient (Wildman–Crippen LogP) is 3.01. The average molecular weight is 337 g/mol. The van der Waals surface area contributed by atoms with E-state index in [1.54, 1.807) is 7.11 Å². The molecule has 1 heterocycles. The Balaban J connectivity index is 1.65. The highest BCUT2D eigenvalue weighted by Crippen LogP contribution is 2.19. The fourth-order valence-corrected chi connectivity index (χ4v) is 2.85. The van der Waals surface area contributed by atoms with Crippen LogP contribution in [-0.2, 0) is 6.54 Å². The highest BCUT2D eigenvalue weighted by molar-refractivity contribution is 5.35. The fraction of sp³-hybridized carbons (Fsp3) is 0.250. The third-order valence-corrected chi connectivity index (χ3v) is 4.15. The molecule has 1 aromatic heterocycles. The molecule has 0 aliphatic rings. The third-order valence-electron chi connectivity index (χ3n) is 4.15. The number of aliphatic hydroxyl groups is 1. The number of aliphatic hydroxyl groups excluding tert-OH is 1. The molecular weight excluding hydrogens is 314 g/mol. The number of nitrogens with zero attached hydrogens (tertiary/aromatic N) is 2. The lowest BCUT2D eigenvalue weighted by molar-refractivity contribution is 0.174. The first-order valence-electron chi connectivity index (χ1n) is 8.30. The minimum absolute atomic E-state index is 0.451. The number of imidazole rings is 1. The number of methoxy groups -OCH3 is 1. The predicted molar refractivity (Wildman–Crippen MR) is 98.0 cm³/mol. The number of benzene rings is 2. The second kappa shape index (κ2) is 7.96. The van der Waals surface area contributed by atoms with E-state index in [0.717, 1.165) is 28.5 Å². The fourth-order valence-electron chi connectivity index (χ4n) is 2.85. The van der Waals surface area contributed by atoms with Gasteiger partial charge in [0.15, 0.2) is 0 Å². The van der Waals surface area contributed by atoms with E-state index in [2.05, 4.69) is 27.0 Å². The average Bonchev–Trinajstić information content (AvgIpc) is 3.03. The molecule has 2 N–H and O–H groups in total. The largest absolute Gasteiger partial charge is 0.497 e. The molecular formula is C20H23N3O2. The van der Waals surface area contributed by atoms with Crippen molar-refractivity contribution in [3.63, 3.8) is 0 Å². The Morgan fingerprint density at radius 1 is 1.16 bits per heavy atom. The lowest BCUT2D eigenvalue weighted by atomic mass is 10.1. The van der Waals surface area contributed by atoms with Gasteiger partial charge in [-0.1, -0.05) is 30.3 Å². The van der Waals surface area contributed by atoms with Crippen LogP contribution >= 0.6 is 0 Å². The summed E-state index contributed by atoms with van der Waals surface area (Å²) in [5.41, 5.74) is 2.98. The maximum absolute atomic E-state index is 10.4. The van der Waals surface area contributed by atoms with Crippen LogP contribution in [-0.4, -0.2) is 28.3 Å². The maximum atomic E-state index is 10.4. The van der Waals surface area contributed by atoms with Crippen LogP contribution < -0.4 is 10.1 Å². The molecule has 0 aliphatic heterocycles. The minimum atomic E-state index is -0.593. The van der Waals surface area contributed by atoms with E-state index in [9.17, 15) is 5.11 Å². The summed E-state index contributed by atoms with van der Waals surface area (Å²) in [7, 11) is 1.62. The summed E-state index contributed by atoms with van der Waals surface area (Å²) in [4.78, 5) is 4.42. The molecule has 130 valence electrons. The van der Waals surface area contributed by atoms with E-state index < -0.39 is 6.10 Å². The number of aryl methyl sites for hydroxylation is 1. The summed E-state index contributed by atoms with van der Waals surface area (Å²) in [6.07, 6.45) is 1.28. The van der Waals surface area contributed by atoms with Gasteiger partial charge in [0, 0.05) is 18.8 Å². The first-order chi connectivity index (χ1) is 12.2. The Kier molecular flexibility index (Phi) is 5.48. The molecule has 0 saturated carbocycles. The Labute approximate surface area is 147 Å². The quantitative estimate of drug-likeness (QED) is 0.696. The van der Waals surface area contributed by atoms with Crippen LogP contribution in [0.1, 0.15) is 23.2 Å². The van der Waals surface area contributed by atoms with Gasteiger partial charge in [-0.2, -0.15) is 0 Å². The van der Waals surface area contributed by atoms with Crippen molar-refractivity contribution in [2.75, 3.05) is 13.7 Å². The molecule has 2 aromatic carbocycles. The van der Waals surface area contributed by atoms with E-state index in [0.29, 0.717) is 13.1 Å². The van der Waals surface area contributed by atoms with Gasteiger partial charge in [-0.05, 0) is 36.8 Å². The molecule has 0 amide bonds. The van der Waals surface area contributed by atoms with E-state index in [4.69, 9.17) is 4.74 Å². The molecule has 0 spiro atoms. The number of ether oxygens (including phenoxy) is 1. The molecule has 25 heavy (non-hydrogen) atoms. The molecule has 5 nitrogen and oxygen atoms in total. The first kappa shape index (κ1) is 17.2. The number of aromatic nitrogens is 2. The molecule has 0 saturated heterocycles. The van der Waals surface area contributed by atoms with E-state index >= 15 is 0 Å². The highest BCUT2D eigenvalue weighted by atomic mass is 16.5. The Hall–Kier alpha value is -2.63. The lowest BCUT2D eigenvalue weighted by Gasteiger charge is -2.14. The normalized spacial score (nSPS) is 12.1. The molecule has 1 unspecified atom stereocenters. The van der Waals surface area contributed by atoms with Gasteiger partial charge >= 0.3 is 0 Å². The number of hydrogen-bond donors (Lipinski definition) is 2. The van der Waals surface area contributed by atoms with Crippen molar-refractivity contribution in [3.05, 3.63) is 77.9 Å². The van der Waals surface area contributed by atoms with Crippen molar-refractivity contribution in [2.24, 2.45) is 0 Å². The number of rotatable bonds is 7. The zero-order valence-electron chi connectivity index (χ0n) is 14.5. The molecule has 1 atom stereocenters. The van der Waals surface area contributed by atoms with E-state index in [1.165, 1.54) is 0 Å². The molecule has 0 bridgehead atoms. The second-order valence-corrected chi connectivity index (χ2v) is 5.89. The van der Waals surface area contributed by atoms with Crippen LogP contribution in [0.4, 0.5) is 0 Å². The van der Waals surface area contributed by atoms with Crippen molar-refractivity contribution in [1.82, 2.24) is 14.9 Å². The first-order valence-corrected chi connectivity index (χ1v) is 8.30. The maximum Gasteiger partial charge on any atom is 0.119 e. The second-order valence-electron chi connectivity index (χ2n) is 5.89. The Morgan fingerprint density at radius 2 is 1.96 bits per heavy atom. The van der Waals surface area contributed by atoms with Crippen LogP contribution in [0.25, 0.3) is 5.69 Å². The number of hydrogen-bond acceptors (Lipinski definition) is 4. The molecule has 0 aliphatic carbocycles. The van der Waals surface area contributed by atoms with Crippen LogP contribution in [0.2, 0.25) is 0 Å². The molecule has 3 rings (SSSR count). The molecule has 0 fully saturated rings. The summed E-state index contributed by atoms with van der Waals surface area (Å²) in [5.74, 6) is 1.69. The van der Waals surface area contributed by atoms with Gasteiger partial charge in [0.05, 0.1) is 25.1 Å².